The predicted octanol–water partition coefficient (Wildman–Crippen LogP) is 0.997. The van der Waals surface area contributed by atoms with Crippen LogP contribution in [-0.4, -0.2) is 48.1 Å². The minimum atomic E-state index is -1.02. The number of nitrogens with one attached hydrogen (secondary N) is 4. The molecule has 2 aromatic rings. The van der Waals surface area contributed by atoms with Crippen molar-refractivity contribution in [2.24, 2.45) is 5.73 Å². The molecule has 0 bridgehead atoms. The minimum absolute atomic E-state index is 0.0199. The lowest BCUT2D eigenvalue weighted by molar-refractivity contribution is -0.130. The Morgan fingerprint density at radius 2 is 1.68 bits per heavy atom. The summed E-state index contributed by atoms with van der Waals surface area (Å²) in [6.07, 6.45) is 3.00. The molecule has 1 unspecified atom stereocenters. The highest BCUT2D eigenvalue weighted by Crippen LogP contribution is 2.22. The molecule has 0 aromatic heterocycles. The largest absolute Gasteiger partial charge is 0.339 e. The van der Waals surface area contributed by atoms with E-state index in [2.05, 4.69) is 16.0 Å². The molecule has 31 heavy (non-hydrogen) atoms. The van der Waals surface area contributed by atoms with Gasteiger partial charge < -0.3 is 21.7 Å². The van der Waals surface area contributed by atoms with Crippen LogP contribution in [0.4, 0.5) is 5.69 Å². The van der Waals surface area contributed by atoms with Gasteiger partial charge in [-0.3, -0.25) is 19.6 Å². The Morgan fingerprint density at radius 1 is 1.03 bits per heavy atom. The molecule has 2 atom stereocenters. The van der Waals surface area contributed by atoms with Crippen LogP contribution in [-0.2, 0) is 9.59 Å². The number of carbonyl (C=O) groups is 3. The molecule has 9 nitrogen and oxygen atoms in total. The second kappa shape index (κ2) is 10.7. The fourth-order valence-electron chi connectivity index (χ4n) is 3.42. The molecule has 0 aliphatic carbocycles. The number of carbonyl (C=O) groups excluding carboxylic acids is 3. The zero-order chi connectivity index (χ0) is 22.2. The lowest BCUT2D eigenvalue weighted by Gasteiger charge is -2.22. The first-order chi connectivity index (χ1) is 15.0. The van der Waals surface area contributed by atoms with E-state index in [0.717, 1.165) is 42.6 Å². The Labute approximate surface area is 180 Å². The van der Waals surface area contributed by atoms with Gasteiger partial charge in [-0.15, -0.1) is 0 Å². The highest BCUT2D eigenvalue weighted by Gasteiger charge is 2.21. The van der Waals surface area contributed by atoms with Crippen LogP contribution in [0.25, 0.3) is 11.1 Å². The highest BCUT2D eigenvalue weighted by molar-refractivity contribution is 5.98. The molecule has 164 valence electrons. The normalized spacial score (nSPS) is 16.8. The van der Waals surface area contributed by atoms with E-state index in [-0.39, 0.29) is 18.5 Å². The predicted molar refractivity (Wildman–Crippen MR) is 116 cm³/mol. The third-order valence-electron chi connectivity index (χ3n) is 5.23. The number of anilines is 1. The summed E-state index contributed by atoms with van der Waals surface area (Å²) in [4.78, 5) is 36.1. The van der Waals surface area contributed by atoms with Crippen LogP contribution in [0, 0.1) is 0 Å². The molecule has 9 heteroatoms. The maximum atomic E-state index is 12.3. The second-order valence-corrected chi connectivity index (χ2v) is 7.38. The number of benzene rings is 2. The van der Waals surface area contributed by atoms with Gasteiger partial charge in [0, 0.05) is 17.8 Å². The van der Waals surface area contributed by atoms with Crippen molar-refractivity contribution in [1.29, 1.82) is 0 Å². The van der Waals surface area contributed by atoms with E-state index in [9.17, 15) is 14.4 Å². The van der Waals surface area contributed by atoms with Crippen molar-refractivity contribution in [2.75, 3.05) is 18.4 Å². The number of amides is 3. The van der Waals surface area contributed by atoms with Crippen LogP contribution < -0.4 is 27.2 Å². The number of nitrogens with two attached hydrogens (primary N) is 1. The summed E-state index contributed by atoms with van der Waals surface area (Å²) < 4.78 is 0. The molecule has 0 radical (unpaired) electrons. The summed E-state index contributed by atoms with van der Waals surface area (Å²) in [6, 6.07) is 13.2. The summed E-state index contributed by atoms with van der Waals surface area (Å²) in [5.41, 5.74) is 9.83. The molecule has 3 rings (SSSR count). The van der Waals surface area contributed by atoms with Gasteiger partial charge in [0.05, 0.1) is 6.04 Å². The van der Waals surface area contributed by atoms with Crippen molar-refractivity contribution in [2.45, 2.75) is 31.3 Å². The monoisotopic (exact) mass is 425 g/mol. The molecular formula is C22H27N5O4. The van der Waals surface area contributed by atoms with Crippen LogP contribution >= 0.6 is 0 Å². The van der Waals surface area contributed by atoms with E-state index in [1.54, 1.807) is 24.3 Å². The van der Waals surface area contributed by atoms with Crippen LogP contribution in [0.3, 0.4) is 0 Å². The molecule has 0 saturated carbocycles. The first-order valence-corrected chi connectivity index (χ1v) is 10.2. The number of hydroxylamine groups is 1. The van der Waals surface area contributed by atoms with E-state index in [4.69, 9.17) is 10.9 Å². The lowest BCUT2D eigenvalue weighted by atomic mass is 10.0. The van der Waals surface area contributed by atoms with Crippen LogP contribution in [0.15, 0.2) is 48.5 Å². The van der Waals surface area contributed by atoms with E-state index >= 15 is 0 Å². The Hall–Kier alpha value is -3.27. The molecule has 1 aliphatic heterocycles. The topological polar surface area (TPSA) is 146 Å². The first-order valence-electron chi connectivity index (χ1n) is 10.2. The van der Waals surface area contributed by atoms with Gasteiger partial charge in [0.1, 0.15) is 6.04 Å². The number of hydrogen-bond donors (Lipinski definition) is 6. The third kappa shape index (κ3) is 5.88. The van der Waals surface area contributed by atoms with Gasteiger partial charge in [-0.1, -0.05) is 30.7 Å². The van der Waals surface area contributed by atoms with Crippen molar-refractivity contribution in [3.8, 4) is 11.1 Å². The SMILES string of the molecule is NC[C@H](NC(=O)c1ccc(-c2ccc(NC(=O)C3CCCCN3)cc2)cc1)C(=O)NO. The Balaban J connectivity index is 1.61. The van der Waals surface area contributed by atoms with Crippen LogP contribution in [0.2, 0.25) is 0 Å². The van der Waals surface area contributed by atoms with Crippen LogP contribution in [0.1, 0.15) is 29.6 Å². The smallest absolute Gasteiger partial charge is 0.267 e. The zero-order valence-electron chi connectivity index (χ0n) is 17.1. The average Bonchev–Trinajstić information content (AvgIpc) is 2.83. The van der Waals surface area contributed by atoms with Gasteiger partial charge in [0.15, 0.2) is 0 Å². The first kappa shape index (κ1) is 22.4. The molecule has 1 saturated heterocycles. The molecule has 7 N–H and O–H groups in total. The molecule has 0 spiro atoms. The number of rotatable bonds is 7. The zero-order valence-corrected chi connectivity index (χ0v) is 17.1. The fourth-order valence-corrected chi connectivity index (χ4v) is 3.42. The number of hydrogen-bond acceptors (Lipinski definition) is 6. The quantitative estimate of drug-likeness (QED) is 0.288. The van der Waals surface area contributed by atoms with Gasteiger partial charge in [0.2, 0.25) is 5.91 Å². The van der Waals surface area contributed by atoms with Crippen molar-refractivity contribution in [3.63, 3.8) is 0 Å². The van der Waals surface area contributed by atoms with Crippen molar-refractivity contribution in [3.05, 3.63) is 54.1 Å². The molecule has 3 amide bonds. The third-order valence-corrected chi connectivity index (χ3v) is 5.23. The van der Waals surface area contributed by atoms with Gasteiger partial charge in [-0.05, 0) is 54.8 Å². The van der Waals surface area contributed by atoms with Crippen molar-refractivity contribution < 1.29 is 19.6 Å². The maximum absolute atomic E-state index is 12.3. The van der Waals surface area contributed by atoms with Gasteiger partial charge in [0.25, 0.3) is 11.8 Å². The molecular weight excluding hydrogens is 398 g/mol. The Morgan fingerprint density at radius 3 is 2.23 bits per heavy atom. The van der Waals surface area contributed by atoms with Crippen molar-refractivity contribution in [1.82, 2.24) is 16.1 Å². The summed E-state index contributed by atoms with van der Waals surface area (Å²) in [5.74, 6) is -1.27. The molecule has 1 aliphatic rings. The van der Waals surface area contributed by atoms with E-state index < -0.39 is 17.9 Å². The maximum Gasteiger partial charge on any atom is 0.267 e. The number of piperidine rings is 1. The molecule has 2 aromatic carbocycles. The van der Waals surface area contributed by atoms with Crippen LogP contribution in [0.5, 0.6) is 0 Å². The molecule has 1 fully saturated rings. The summed E-state index contributed by atoms with van der Waals surface area (Å²) in [7, 11) is 0. The van der Waals surface area contributed by atoms with Gasteiger partial charge in [-0.25, -0.2) is 5.48 Å². The van der Waals surface area contributed by atoms with Gasteiger partial charge in [-0.2, -0.15) is 0 Å². The van der Waals surface area contributed by atoms with E-state index in [1.165, 1.54) is 5.48 Å². The van der Waals surface area contributed by atoms with Gasteiger partial charge >= 0.3 is 0 Å². The summed E-state index contributed by atoms with van der Waals surface area (Å²) in [6.45, 7) is 0.725. The minimum Gasteiger partial charge on any atom is -0.339 e. The van der Waals surface area contributed by atoms with Crippen molar-refractivity contribution >= 4 is 23.4 Å². The average molecular weight is 425 g/mol. The standard InChI is InChI=1S/C22H27N5O4/c23-13-19(22(30)27-31)26-20(28)16-6-4-14(5-7-16)15-8-10-17(11-9-15)25-21(29)18-3-1-2-12-24-18/h4-11,18-19,24,31H,1-3,12-13,23H2,(H,25,29)(H,26,28)(H,27,30)/t18?,19-/m0/s1. The fraction of sp³-hybridized carbons (Fsp3) is 0.318. The van der Waals surface area contributed by atoms with E-state index in [1.807, 2.05) is 24.3 Å². The summed E-state index contributed by atoms with van der Waals surface area (Å²) in [5, 5.41) is 17.3. The highest BCUT2D eigenvalue weighted by atomic mass is 16.5. The lowest BCUT2D eigenvalue weighted by Crippen LogP contribution is -2.50. The molecule has 1 heterocycles. The second-order valence-electron chi connectivity index (χ2n) is 7.38. The summed E-state index contributed by atoms with van der Waals surface area (Å²) >= 11 is 0. The van der Waals surface area contributed by atoms with E-state index in [0.29, 0.717) is 5.56 Å². The Bertz CT molecular complexity index is 909. The Kier molecular flexibility index (Phi) is 7.71.